The molecule has 0 aromatic carbocycles. The molecule has 0 amide bonds. The number of hydrogen-bond donors (Lipinski definition) is 0. The Labute approximate surface area is 158 Å². The Morgan fingerprint density at radius 1 is 0.708 bits per heavy atom. The van der Waals surface area contributed by atoms with Crippen LogP contribution < -0.4 is 0 Å². The first-order valence-corrected chi connectivity index (χ1v) is 11.2. The van der Waals surface area contributed by atoms with Crippen molar-refractivity contribution in [3.8, 4) is 0 Å². The number of carbonyl (C=O) groups excluding carboxylic acids is 1. The highest BCUT2D eigenvalue weighted by molar-refractivity contribution is 9.09. The Bertz CT molecular complexity index is 302. The van der Waals surface area contributed by atoms with Crippen LogP contribution in [0.3, 0.4) is 0 Å². The number of esters is 1. The zero-order valence-electron chi connectivity index (χ0n) is 15.9. The van der Waals surface area contributed by atoms with Gasteiger partial charge in [-0.15, -0.1) is 0 Å². The molecule has 0 saturated carbocycles. The Morgan fingerprint density at radius 2 is 1.04 bits per heavy atom. The average molecular weight is 403 g/mol. The second kappa shape index (κ2) is 19.0. The predicted molar refractivity (Wildman–Crippen MR) is 109 cm³/mol. The van der Waals surface area contributed by atoms with E-state index in [4.69, 9.17) is 4.74 Å². The van der Waals surface area contributed by atoms with E-state index in [-0.39, 0.29) is 5.97 Å². The molecule has 0 aliphatic carbocycles. The quantitative estimate of drug-likeness (QED) is 0.103. The van der Waals surface area contributed by atoms with Crippen molar-refractivity contribution in [2.24, 2.45) is 0 Å². The lowest BCUT2D eigenvalue weighted by Crippen LogP contribution is -2.05. The standard InChI is InChI=1S/C21H39BrO2/c1-20(2)21(23)24-19-17-15-13-11-9-7-5-3-4-6-8-10-12-14-16-18-22/h1,3-19H2,2H3. The van der Waals surface area contributed by atoms with Gasteiger partial charge in [-0.2, -0.15) is 0 Å². The van der Waals surface area contributed by atoms with E-state index in [0.717, 1.165) is 11.8 Å². The van der Waals surface area contributed by atoms with Gasteiger partial charge in [0.25, 0.3) is 0 Å². The maximum absolute atomic E-state index is 11.2. The molecule has 2 nitrogen and oxygen atoms in total. The van der Waals surface area contributed by atoms with E-state index in [0.29, 0.717) is 12.2 Å². The third-order valence-corrected chi connectivity index (χ3v) is 4.92. The predicted octanol–water partition coefficient (Wildman–Crippen LogP) is 7.35. The maximum atomic E-state index is 11.2. The van der Waals surface area contributed by atoms with Crippen molar-refractivity contribution in [1.82, 2.24) is 0 Å². The van der Waals surface area contributed by atoms with Crippen molar-refractivity contribution < 1.29 is 9.53 Å². The third kappa shape index (κ3) is 18.0. The Balaban J connectivity index is 3.05. The lowest BCUT2D eigenvalue weighted by Gasteiger charge is -2.05. The molecular formula is C21H39BrO2. The van der Waals surface area contributed by atoms with Crippen LogP contribution in [0.1, 0.15) is 103 Å². The number of ether oxygens (including phenoxy) is 1. The molecule has 0 unspecified atom stereocenters. The normalized spacial score (nSPS) is 10.8. The van der Waals surface area contributed by atoms with Gasteiger partial charge in [-0.3, -0.25) is 0 Å². The molecule has 0 heterocycles. The van der Waals surface area contributed by atoms with Gasteiger partial charge >= 0.3 is 5.97 Å². The molecule has 142 valence electrons. The van der Waals surface area contributed by atoms with Crippen LogP contribution in [0.15, 0.2) is 12.2 Å². The van der Waals surface area contributed by atoms with E-state index >= 15 is 0 Å². The van der Waals surface area contributed by atoms with Gasteiger partial charge in [-0.05, 0) is 19.8 Å². The molecule has 0 saturated heterocycles. The van der Waals surface area contributed by atoms with Crippen molar-refractivity contribution in [2.75, 3.05) is 11.9 Å². The second-order valence-electron chi connectivity index (χ2n) is 6.91. The molecule has 3 heteroatoms. The summed E-state index contributed by atoms with van der Waals surface area (Å²) in [5, 5.41) is 1.16. The molecule has 0 fully saturated rings. The minimum atomic E-state index is -0.256. The van der Waals surface area contributed by atoms with Crippen LogP contribution in [-0.4, -0.2) is 17.9 Å². The molecule has 0 aromatic rings. The molecule has 0 aliphatic rings. The summed E-state index contributed by atoms with van der Waals surface area (Å²) in [6.07, 6.45) is 20.1. The largest absolute Gasteiger partial charge is 0.462 e. The highest BCUT2D eigenvalue weighted by atomic mass is 79.9. The van der Waals surface area contributed by atoms with Crippen LogP contribution in [-0.2, 0) is 9.53 Å². The number of carbonyl (C=O) groups is 1. The van der Waals surface area contributed by atoms with E-state index in [1.54, 1.807) is 6.92 Å². The summed E-state index contributed by atoms with van der Waals surface area (Å²) >= 11 is 3.48. The molecule has 0 spiro atoms. The van der Waals surface area contributed by atoms with Crippen molar-refractivity contribution in [3.63, 3.8) is 0 Å². The molecule has 0 aliphatic heterocycles. The number of rotatable bonds is 18. The molecule has 0 bridgehead atoms. The molecule has 24 heavy (non-hydrogen) atoms. The molecule has 0 aromatic heterocycles. The third-order valence-electron chi connectivity index (χ3n) is 4.36. The minimum absolute atomic E-state index is 0.256. The Morgan fingerprint density at radius 3 is 1.38 bits per heavy atom. The molecule has 0 rings (SSSR count). The van der Waals surface area contributed by atoms with Crippen LogP contribution in [0, 0.1) is 0 Å². The molecular weight excluding hydrogens is 364 g/mol. The van der Waals surface area contributed by atoms with E-state index in [1.165, 1.54) is 89.9 Å². The van der Waals surface area contributed by atoms with Gasteiger partial charge in [0, 0.05) is 10.9 Å². The van der Waals surface area contributed by atoms with Gasteiger partial charge in [0.2, 0.25) is 0 Å². The monoisotopic (exact) mass is 402 g/mol. The first kappa shape index (κ1) is 23.7. The molecule has 0 radical (unpaired) electrons. The van der Waals surface area contributed by atoms with Crippen LogP contribution in [0.4, 0.5) is 0 Å². The van der Waals surface area contributed by atoms with Gasteiger partial charge in [-0.1, -0.05) is 106 Å². The zero-order valence-corrected chi connectivity index (χ0v) is 17.5. The number of hydrogen-bond acceptors (Lipinski definition) is 2. The number of unbranched alkanes of at least 4 members (excludes halogenated alkanes) is 14. The van der Waals surface area contributed by atoms with Crippen molar-refractivity contribution in [2.45, 2.75) is 103 Å². The van der Waals surface area contributed by atoms with Crippen LogP contribution >= 0.6 is 15.9 Å². The zero-order chi connectivity index (χ0) is 17.9. The summed E-state index contributed by atoms with van der Waals surface area (Å²) in [7, 11) is 0. The summed E-state index contributed by atoms with van der Waals surface area (Å²) in [5.41, 5.74) is 0.490. The van der Waals surface area contributed by atoms with Crippen LogP contribution in [0.5, 0.6) is 0 Å². The fourth-order valence-electron chi connectivity index (χ4n) is 2.78. The number of alkyl halides is 1. The maximum Gasteiger partial charge on any atom is 0.333 e. The van der Waals surface area contributed by atoms with E-state index < -0.39 is 0 Å². The van der Waals surface area contributed by atoms with Gasteiger partial charge in [0.05, 0.1) is 6.61 Å². The minimum Gasteiger partial charge on any atom is -0.462 e. The smallest absolute Gasteiger partial charge is 0.333 e. The second-order valence-corrected chi connectivity index (χ2v) is 7.70. The number of halogens is 1. The summed E-state index contributed by atoms with van der Waals surface area (Å²) in [5.74, 6) is -0.256. The topological polar surface area (TPSA) is 26.3 Å². The molecule has 0 N–H and O–H groups in total. The van der Waals surface area contributed by atoms with Gasteiger partial charge in [0.1, 0.15) is 0 Å². The SMILES string of the molecule is C=C(C)C(=O)OCCCCCCCCCCCCCCCCCBr. The van der Waals surface area contributed by atoms with E-state index in [9.17, 15) is 4.79 Å². The lowest BCUT2D eigenvalue weighted by molar-refractivity contribution is -0.139. The van der Waals surface area contributed by atoms with Crippen molar-refractivity contribution in [3.05, 3.63) is 12.2 Å². The first-order valence-electron chi connectivity index (χ1n) is 10.1. The van der Waals surface area contributed by atoms with Gasteiger partial charge < -0.3 is 4.74 Å². The fraction of sp³-hybridized carbons (Fsp3) is 0.857. The highest BCUT2D eigenvalue weighted by Gasteiger charge is 2.01. The van der Waals surface area contributed by atoms with Gasteiger partial charge in [-0.25, -0.2) is 4.79 Å². The van der Waals surface area contributed by atoms with Crippen molar-refractivity contribution >= 4 is 21.9 Å². The van der Waals surface area contributed by atoms with E-state index in [1.807, 2.05) is 0 Å². The van der Waals surface area contributed by atoms with Crippen molar-refractivity contribution in [1.29, 1.82) is 0 Å². The fourth-order valence-corrected chi connectivity index (χ4v) is 3.18. The average Bonchev–Trinajstić information content (AvgIpc) is 2.57. The Hall–Kier alpha value is -0.310. The molecule has 0 atom stereocenters. The van der Waals surface area contributed by atoms with Crippen LogP contribution in [0.2, 0.25) is 0 Å². The summed E-state index contributed by atoms with van der Waals surface area (Å²) < 4.78 is 5.08. The Kier molecular flexibility index (Phi) is 18.8. The van der Waals surface area contributed by atoms with E-state index in [2.05, 4.69) is 22.5 Å². The lowest BCUT2D eigenvalue weighted by atomic mass is 10.0. The summed E-state index contributed by atoms with van der Waals surface area (Å²) in [6, 6.07) is 0. The summed E-state index contributed by atoms with van der Waals surface area (Å²) in [6.45, 7) is 5.81. The highest BCUT2D eigenvalue weighted by Crippen LogP contribution is 2.13. The van der Waals surface area contributed by atoms with Crippen LogP contribution in [0.25, 0.3) is 0 Å². The summed E-state index contributed by atoms with van der Waals surface area (Å²) in [4.78, 5) is 11.2. The van der Waals surface area contributed by atoms with Gasteiger partial charge in [0.15, 0.2) is 0 Å². The first-order chi connectivity index (χ1) is 11.7.